The van der Waals surface area contributed by atoms with E-state index in [0.29, 0.717) is 47.8 Å². The molecule has 0 aliphatic carbocycles. The van der Waals surface area contributed by atoms with Gasteiger partial charge in [0, 0.05) is 25.9 Å². The smallest absolute Gasteiger partial charge is 0.271 e. The topological polar surface area (TPSA) is 144 Å². The van der Waals surface area contributed by atoms with E-state index in [9.17, 15) is 19.2 Å². The first-order chi connectivity index (χ1) is 20.7. The van der Waals surface area contributed by atoms with Crippen molar-refractivity contribution in [3.8, 4) is 0 Å². The lowest BCUT2D eigenvalue weighted by atomic mass is 10.0. The molecule has 0 unspecified atom stereocenters. The van der Waals surface area contributed by atoms with E-state index in [2.05, 4.69) is 25.7 Å². The molecule has 0 bridgehead atoms. The summed E-state index contributed by atoms with van der Waals surface area (Å²) in [6.45, 7) is 6.50. The Labute approximate surface area is 253 Å². The zero-order chi connectivity index (χ0) is 30.5. The van der Waals surface area contributed by atoms with Crippen LogP contribution < -0.4 is 16.2 Å². The molecule has 12 nitrogen and oxygen atoms in total. The van der Waals surface area contributed by atoms with Gasteiger partial charge in [0.15, 0.2) is 0 Å². The number of thiophene rings is 1. The molecule has 0 radical (unpaired) electrons. The van der Waals surface area contributed by atoms with Gasteiger partial charge in [-0.2, -0.15) is 5.10 Å². The van der Waals surface area contributed by atoms with Crippen LogP contribution in [-0.2, 0) is 33.9 Å². The van der Waals surface area contributed by atoms with Gasteiger partial charge in [-0.25, -0.2) is 14.6 Å². The van der Waals surface area contributed by atoms with Crippen LogP contribution in [0.15, 0.2) is 52.9 Å². The number of benzene rings is 1. The average molecular weight is 605 g/mol. The molecule has 0 saturated carbocycles. The van der Waals surface area contributed by atoms with Crippen molar-refractivity contribution in [2.75, 3.05) is 13.1 Å². The maximum absolute atomic E-state index is 13.6. The van der Waals surface area contributed by atoms with Gasteiger partial charge in [-0.3, -0.25) is 23.7 Å². The summed E-state index contributed by atoms with van der Waals surface area (Å²) in [5.41, 5.74) is 1.27. The number of aromatic nitrogens is 5. The van der Waals surface area contributed by atoms with Gasteiger partial charge in [-0.05, 0) is 36.3 Å². The van der Waals surface area contributed by atoms with E-state index in [1.54, 1.807) is 28.0 Å². The van der Waals surface area contributed by atoms with Gasteiger partial charge in [-0.15, -0.1) is 11.3 Å². The lowest BCUT2D eigenvalue weighted by molar-refractivity contribution is -0.133. The maximum atomic E-state index is 13.6. The normalized spacial score (nSPS) is 18.7. The number of carbonyl (C=O) groups excluding carboxylic acids is 3. The summed E-state index contributed by atoms with van der Waals surface area (Å²) in [6.07, 6.45) is 2.24. The summed E-state index contributed by atoms with van der Waals surface area (Å²) in [6, 6.07) is 10.0. The SMILES string of the molecule is Cc1nc2n(n1)CCN(C(=O)Cn1cnc3ccsc3c1=O)CCCC(=O)N[C@@H](Cc1ccccc1)C(=O)N[C@@H]2C(C)C. The van der Waals surface area contributed by atoms with Gasteiger partial charge in [0.2, 0.25) is 17.7 Å². The molecule has 1 aromatic carbocycles. The summed E-state index contributed by atoms with van der Waals surface area (Å²) in [4.78, 5) is 63.7. The number of nitrogens with zero attached hydrogens (tertiary/aromatic N) is 6. The minimum Gasteiger partial charge on any atom is -0.344 e. The Morgan fingerprint density at radius 1 is 1.07 bits per heavy atom. The van der Waals surface area contributed by atoms with Crippen molar-refractivity contribution in [2.24, 2.45) is 5.92 Å². The van der Waals surface area contributed by atoms with Gasteiger partial charge >= 0.3 is 0 Å². The predicted molar refractivity (Wildman–Crippen MR) is 162 cm³/mol. The molecule has 2 atom stereocenters. The summed E-state index contributed by atoms with van der Waals surface area (Å²) in [5, 5.41) is 12.4. The average Bonchev–Trinajstić information content (AvgIpc) is 3.61. The molecule has 0 spiro atoms. The first-order valence-corrected chi connectivity index (χ1v) is 15.3. The molecule has 13 heteroatoms. The van der Waals surface area contributed by atoms with Crippen LogP contribution in [-0.4, -0.2) is 66.1 Å². The number of hydrogen-bond acceptors (Lipinski definition) is 8. The van der Waals surface area contributed by atoms with E-state index < -0.39 is 12.1 Å². The van der Waals surface area contributed by atoms with Crippen LogP contribution in [0.4, 0.5) is 0 Å². The molecule has 1 aliphatic heterocycles. The molecule has 1 aliphatic rings. The van der Waals surface area contributed by atoms with E-state index in [1.807, 2.05) is 44.2 Å². The molecule has 226 valence electrons. The van der Waals surface area contributed by atoms with Crippen LogP contribution >= 0.6 is 11.3 Å². The number of hydrogen-bond donors (Lipinski definition) is 2. The molecule has 2 N–H and O–H groups in total. The Morgan fingerprint density at radius 2 is 1.86 bits per heavy atom. The van der Waals surface area contributed by atoms with E-state index >= 15 is 0 Å². The largest absolute Gasteiger partial charge is 0.344 e. The van der Waals surface area contributed by atoms with Gasteiger partial charge in [0.1, 0.15) is 28.9 Å². The van der Waals surface area contributed by atoms with Crippen LogP contribution in [0, 0.1) is 12.8 Å². The number of carbonyl (C=O) groups is 3. The molecule has 3 amide bonds. The monoisotopic (exact) mass is 604 g/mol. The van der Waals surface area contributed by atoms with Crippen molar-refractivity contribution in [2.45, 2.75) is 65.2 Å². The third kappa shape index (κ3) is 7.16. The first-order valence-electron chi connectivity index (χ1n) is 14.4. The standard InChI is InChI=1S/C30H36N8O4S/c1-19(2)26-28-32-20(3)35-38(28)14-13-36(25(40)17-37-18-31-22-11-15-43-27(22)30(37)42)12-7-10-24(39)33-23(29(41)34-26)16-21-8-5-4-6-9-21/h4-6,8-9,11,15,18-19,23,26H,7,10,12-14,16-17H2,1-3H3,(H,33,39)(H,34,41)/t23-,26+/m0/s1. The highest BCUT2D eigenvalue weighted by molar-refractivity contribution is 7.17. The quantitative estimate of drug-likeness (QED) is 0.356. The van der Waals surface area contributed by atoms with Crippen LogP contribution in [0.5, 0.6) is 0 Å². The minimum atomic E-state index is -0.791. The van der Waals surface area contributed by atoms with Gasteiger partial charge in [0.05, 0.1) is 24.4 Å². The zero-order valence-corrected chi connectivity index (χ0v) is 25.3. The van der Waals surface area contributed by atoms with Crippen LogP contribution in [0.1, 0.15) is 49.9 Å². The second kappa shape index (κ2) is 13.3. The van der Waals surface area contributed by atoms with Crippen molar-refractivity contribution >= 4 is 39.3 Å². The molecule has 4 aromatic rings. The van der Waals surface area contributed by atoms with Crippen LogP contribution in [0.25, 0.3) is 10.2 Å². The fraction of sp³-hybridized carbons (Fsp3) is 0.433. The van der Waals surface area contributed by atoms with Crippen molar-refractivity contribution < 1.29 is 14.4 Å². The lowest BCUT2D eigenvalue weighted by Gasteiger charge is -2.28. The summed E-state index contributed by atoms with van der Waals surface area (Å²) >= 11 is 1.29. The number of nitrogens with one attached hydrogen (secondary N) is 2. The highest BCUT2D eigenvalue weighted by Gasteiger charge is 2.30. The van der Waals surface area contributed by atoms with Crippen molar-refractivity contribution in [1.82, 2.24) is 39.8 Å². The Balaban J connectivity index is 1.42. The van der Waals surface area contributed by atoms with E-state index in [-0.39, 0.29) is 48.7 Å². The third-order valence-corrected chi connectivity index (χ3v) is 8.38. The molecule has 4 heterocycles. The summed E-state index contributed by atoms with van der Waals surface area (Å²) < 4.78 is 3.56. The van der Waals surface area contributed by atoms with Gasteiger partial charge in [-0.1, -0.05) is 44.2 Å². The third-order valence-electron chi connectivity index (χ3n) is 7.49. The Hall–Kier alpha value is -4.39. The van der Waals surface area contributed by atoms with E-state index in [4.69, 9.17) is 0 Å². The number of rotatable bonds is 5. The number of aryl methyl sites for hydroxylation is 1. The van der Waals surface area contributed by atoms with E-state index in [0.717, 1.165) is 5.56 Å². The van der Waals surface area contributed by atoms with Gasteiger partial charge < -0.3 is 15.5 Å². The molecule has 3 aromatic heterocycles. The Kier molecular flexibility index (Phi) is 9.29. The van der Waals surface area contributed by atoms with Crippen molar-refractivity contribution in [1.29, 1.82) is 0 Å². The summed E-state index contributed by atoms with van der Waals surface area (Å²) in [5.74, 6) is 0.271. The zero-order valence-electron chi connectivity index (χ0n) is 24.5. The second-order valence-corrected chi connectivity index (χ2v) is 12.0. The Morgan fingerprint density at radius 3 is 2.63 bits per heavy atom. The first kappa shape index (κ1) is 30.1. The molecule has 0 saturated heterocycles. The molecular weight excluding hydrogens is 568 g/mol. The highest BCUT2D eigenvalue weighted by atomic mass is 32.1. The predicted octanol–water partition coefficient (Wildman–Crippen LogP) is 2.22. The summed E-state index contributed by atoms with van der Waals surface area (Å²) in [7, 11) is 0. The lowest BCUT2D eigenvalue weighted by Crippen LogP contribution is -2.50. The second-order valence-electron chi connectivity index (χ2n) is 11.1. The number of amides is 3. The van der Waals surface area contributed by atoms with Gasteiger partial charge in [0.25, 0.3) is 5.56 Å². The van der Waals surface area contributed by atoms with Crippen molar-refractivity contribution in [3.63, 3.8) is 0 Å². The highest BCUT2D eigenvalue weighted by Crippen LogP contribution is 2.21. The molecular formula is C30H36N8O4S. The minimum absolute atomic E-state index is 0.0310. The molecule has 43 heavy (non-hydrogen) atoms. The van der Waals surface area contributed by atoms with Crippen molar-refractivity contribution in [3.05, 3.63) is 75.7 Å². The maximum Gasteiger partial charge on any atom is 0.271 e. The molecule has 0 fully saturated rings. The fourth-order valence-corrected chi connectivity index (χ4v) is 6.01. The van der Waals surface area contributed by atoms with Crippen LogP contribution in [0.3, 0.4) is 0 Å². The molecule has 5 rings (SSSR count). The number of fused-ring (bicyclic) bond motifs is 2. The van der Waals surface area contributed by atoms with E-state index in [1.165, 1.54) is 22.2 Å². The van der Waals surface area contributed by atoms with Crippen LogP contribution in [0.2, 0.25) is 0 Å². The fourth-order valence-electron chi connectivity index (χ4n) is 5.22. The Bertz CT molecular complexity index is 1660.